The summed E-state index contributed by atoms with van der Waals surface area (Å²) >= 11 is 5.76. The molecule has 24 heavy (non-hydrogen) atoms. The van der Waals surface area contributed by atoms with E-state index in [9.17, 15) is 18.0 Å². The lowest BCUT2D eigenvalue weighted by Gasteiger charge is -2.42. The van der Waals surface area contributed by atoms with Gasteiger partial charge in [0.25, 0.3) is 0 Å². The first-order valence-electron chi connectivity index (χ1n) is 7.75. The first-order chi connectivity index (χ1) is 11.2. The SMILES string of the molecule is CCN(CC(=O)O)C1CC(NCc2cc(Cl)cc(C(F)(F)F)c2)C1. The Balaban J connectivity index is 1.86. The zero-order valence-corrected chi connectivity index (χ0v) is 14.0. The highest BCUT2D eigenvalue weighted by Gasteiger charge is 2.34. The summed E-state index contributed by atoms with van der Waals surface area (Å²) in [7, 11) is 0. The van der Waals surface area contributed by atoms with Gasteiger partial charge >= 0.3 is 12.1 Å². The molecule has 134 valence electrons. The molecule has 8 heteroatoms. The van der Waals surface area contributed by atoms with Gasteiger partial charge in [0, 0.05) is 23.7 Å². The van der Waals surface area contributed by atoms with Crippen LogP contribution in [0, 0.1) is 0 Å². The van der Waals surface area contributed by atoms with Crippen LogP contribution in [0.25, 0.3) is 0 Å². The highest BCUT2D eigenvalue weighted by atomic mass is 35.5. The van der Waals surface area contributed by atoms with Crippen LogP contribution < -0.4 is 5.32 Å². The Hall–Kier alpha value is -1.31. The molecule has 1 aromatic rings. The van der Waals surface area contributed by atoms with Crippen molar-refractivity contribution >= 4 is 17.6 Å². The normalized spacial score (nSPS) is 20.9. The van der Waals surface area contributed by atoms with E-state index in [1.165, 1.54) is 6.07 Å². The van der Waals surface area contributed by atoms with E-state index in [0.717, 1.165) is 25.0 Å². The number of likely N-dealkylation sites (N-methyl/N-ethyl adjacent to an activating group) is 1. The molecule has 0 amide bonds. The minimum Gasteiger partial charge on any atom is -0.480 e. The maximum Gasteiger partial charge on any atom is 0.416 e. The van der Waals surface area contributed by atoms with E-state index in [-0.39, 0.29) is 23.7 Å². The van der Waals surface area contributed by atoms with Crippen molar-refractivity contribution in [3.05, 3.63) is 34.3 Å². The fourth-order valence-electron chi connectivity index (χ4n) is 2.90. The van der Waals surface area contributed by atoms with E-state index in [0.29, 0.717) is 18.7 Å². The molecule has 1 aliphatic rings. The van der Waals surface area contributed by atoms with Crippen molar-refractivity contribution in [2.24, 2.45) is 0 Å². The van der Waals surface area contributed by atoms with Gasteiger partial charge < -0.3 is 10.4 Å². The van der Waals surface area contributed by atoms with Gasteiger partial charge in [-0.25, -0.2) is 0 Å². The Morgan fingerprint density at radius 1 is 1.38 bits per heavy atom. The third-order valence-electron chi connectivity index (χ3n) is 4.25. The van der Waals surface area contributed by atoms with Gasteiger partial charge in [-0.3, -0.25) is 9.69 Å². The molecule has 0 spiro atoms. The summed E-state index contributed by atoms with van der Waals surface area (Å²) in [6, 6.07) is 3.90. The number of benzene rings is 1. The van der Waals surface area contributed by atoms with Gasteiger partial charge in [0.15, 0.2) is 0 Å². The zero-order valence-electron chi connectivity index (χ0n) is 13.2. The van der Waals surface area contributed by atoms with Crippen molar-refractivity contribution in [3.63, 3.8) is 0 Å². The molecule has 0 heterocycles. The number of rotatable bonds is 7. The van der Waals surface area contributed by atoms with E-state index in [1.807, 2.05) is 11.8 Å². The van der Waals surface area contributed by atoms with Crippen molar-refractivity contribution in [2.45, 2.75) is 44.6 Å². The van der Waals surface area contributed by atoms with E-state index >= 15 is 0 Å². The first-order valence-corrected chi connectivity index (χ1v) is 8.12. The average molecular weight is 365 g/mol. The molecule has 0 aromatic heterocycles. The molecule has 1 fully saturated rings. The van der Waals surface area contributed by atoms with Gasteiger partial charge in [-0.1, -0.05) is 18.5 Å². The smallest absolute Gasteiger partial charge is 0.416 e. The van der Waals surface area contributed by atoms with Gasteiger partial charge in [-0.2, -0.15) is 13.2 Å². The van der Waals surface area contributed by atoms with Crippen molar-refractivity contribution in [3.8, 4) is 0 Å². The van der Waals surface area contributed by atoms with Crippen LogP contribution in [-0.4, -0.2) is 41.1 Å². The van der Waals surface area contributed by atoms with Crippen LogP contribution in [-0.2, 0) is 17.5 Å². The van der Waals surface area contributed by atoms with E-state index < -0.39 is 17.7 Å². The quantitative estimate of drug-likeness (QED) is 0.778. The highest BCUT2D eigenvalue weighted by Crippen LogP contribution is 2.32. The highest BCUT2D eigenvalue weighted by molar-refractivity contribution is 6.30. The van der Waals surface area contributed by atoms with Crippen LogP contribution >= 0.6 is 11.6 Å². The maximum atomic E-state index is 12.8. The molecule has 0 radical (unpaired) electrons. The molecule has 0 aliphatic heterocycles. The van der Waals surface area contributed by atoms with Crippen LogP contribution in [0.2, 0.25) is 5.02 Å². The minimum atomic E-state index is -4.42. The monoisotopic (exact) mass is 364 g/mol. The second-order valence-electron chi connectivity index (χ2n) is 6.01. The van der Waals surface area contributed by atoms with E-state index in [2.05, 4.69) is 5.32 Å². The predicted octanol–water partition coefficient (Wildman–Crippen LogP) is 3.39. The van der Waals surface area contributed by atoms with Gasteiger partial charge in [0.2, 0.25) is 0 Å². The fourth-order valence-corrected chi connectivity index (χ4v) is 3.16. The number of carboxylic acid groups (broad SMARTS) is 1. The number of aliphatic carboxylic acids is 1. The molecular formula is C16H20ClF3N2O2. The van der Waals surface area contributed by atoms with E-state index in [1.54, 1.807) is 0 Å². The number of halogens is 4. The molecule has 0 unspecified atom stereocenters. The number of carboxylic acids is 1. The fraction of sp³-hybridized carbons (Fsp3) is 0.562. The molecule has 2 rings (SSSR count). The summed E-state index contributed by atoms with van der Waals surface area (Å²) in [6.45, 7) is 2.88. The van der Waals surface area contributed by atoms with Crippen LogP contribution in [0.3, 0.4) is 0 Å². The Kier molecular flexibility index (Phi) is 6.11. The lowest BCUT2D eigenvalue weighted by Crippen LogP contribution is -2.53. The molecule has 1 aromatic carbocycles. The third-order valence-corrected chi connectivity index (χ3v) is 4.47. The third kappa shape index (κ3) is 5.09. The lowest BCUT2D eigenvalue weighted by atomic mass is 9.85. The van der Waals surface area contributed by atoms with Crippen LogP contribution in [0.5, 0.6) is 0 Å². The van der Waals surface area contributed by atoms with Gasteiger partial charge in [-0.05, 0) is 43.1 Å². The summed E-state index contributed by atoms with van der Waals surface area (Å²) in [4.78, 5) is 12.7. The molecule has 0 saturated heterocycles. The molecule has 0 bridgehead atoms. The summed E-state index contributed by atoms with van der Waals surface area (Å²) in [5.74, 6) is -0.855. The Bertz CT molecular complexity index is 589. The van der Waals surface area contributed by atoms with Crippen molar-refractivity contribution in [2.75, 3.05) is 13.1 Å². The number of nitrogens with one attached hydrogen (secondary N) is 1. The molecular weight excluding hydrogens is 345 g/mol. The first kappa shape index (κ1) is 19.0. The van der Waals surface area contributed by atoms with Crippen molar-refractivity contribution in [1.82, 2.24) is 10.2 Å². The topological polar surface area (TPSA) is 52.6 Å². The van der Waals surface area contributed by atoms with Crippen LogP contribution in [0.15, 0.2) is 18.2 Å². The lowest BCUT2D eigenvalue weighted by molar-refractivity contribution is -0.139. The van der Waals surface area contributed by atoms with Gasteiger partial charge in [0.1, 0.15) is 0 Å². The summed E-state index contributed by atoms with van der Waals surface area (Å²) in [5.41, 5.74) is -0.270. The van der Waals surface area contributed by atoms with Crippen molar-refractivity contribution < 1.29 is 23.1 Å². The largest absolute Gasteiger partial charge is 0.480 e. The average Bonchev–Trinajstić information content (AvgIpc) is 2.42. The molecule has 1 saturated carbocycles. The number of carbonyl (C=O) groups is 1. The Morgan fingerprint density at radius 2 is 2.04 bits per heavy atom. The second-order valence-corrected chi connectivity index (χ2v) is 6.44. The van der Waals surface area contributed by atoms with Gasteiger partial charge in [-0.15, -0.1) is 0 Å². The number of hydrogen-bond donors (Lipinski definition) is 2. The number of nitrogens with zero attached hydrogens (tertiary/aromatic N) is 1. The van der Waals surface area contributed by atoms with Crippen LogP contribution in [0.4, 0.5) is 13.2 Å². The molecule has 1 aliphatic carbocycles. The predicted molar refractivity (Wildman–Crippen MR) is 85.0 cm³/mol. The summed E-state index contributed by atoms with van der Waals surface area (Å²) in [5, 5.41) is 12.1. The number of alkyl halides is 3. The second kappa shape index (κ2) is 7.72. The van der Waals surface area contributed by atoms with E-state index in [4.69, 9.17) is 16.7 Å². The molecule has 2 N–H and O–H groups in total. The Labute approximate surface area is 143 Å². The number of hydrogen-bond acceptors (Lipinski definition) is 3. The van der Waals surface area contributed by atoms with Gasteiger partial charge in [0.05, 0.1) is 12.1 Å². The minimum absolute atomic E-state index is 0.0110. The maximum absolute atomic E-state index is 12.8. The molecule has 4 nitrogen and oxygen atoms in total. The summed E-state index contributed by atoms with van der Waals surface area (Å²) < 4.78 is 38.3. The Morgan fingerprint density at radius 3 is 2.58 bits per heavy atom. The molecule has 0 atom stereocenters. The standard InChI is InChI=1S/C16H20ClF3N2O2/c1-2-22(9-15(23)24)14-6-13(7-14)21-8-10-3-11(16(18,19)20)5-12(17)4-10/h3-5,13-14,21H,2,6-9H2,1H3,(H,23,24). The van der Waals surface area contributed by atoms with Crippen molar-refractivity contribution in [1.29, 1.82) is 0 Å². The summed E-state index contributed by atoms with van der Waals surface area (Å²) in [6.07, 6.45) is -2.85. The zero-order chi connectivity index (χ0) is 17.9. The van der Waals surface area contributed by atoms with Crippen LogP contribution in [0.1, 0.15) is 30.9 Å².